The zero-order valence-electron chi connectivity index (χ0n) is 13.6. The number of carboxylic acid groups (broad SMARTS) is 1. The average Bonchev–Trinajstić information content (AvgIpc) is 3.06. The molecule has 1 aliphatic rings. The van der Waals surface area contributed by atoms with E-state index in [-0.39, 0.29) is 5.92 Å². The Hall–Kier alpha value is -2.14. The van der Waals surface area contributed by atoms with Gasteiger partial charge in [0.2, 0.25) is 0 Å². The number of aromatic nitrogens is 2. The van der Waals surface area contributed by atoms with Crippen LogP contribution in [0.5, 0.6) is 0 Å². The second kappa shape index (κ2) is 5.81. The van der Waals surface area contributed by atoms with E-state index < -0.39 is 11.4 Å². The standard InChI is InChI=1S/C18H23N3O2/c1-12-5-6-15(8-13(12)2)21-10-16(20-11-21)18(17(22)23)9-14(18)4-3-7-19/h5-6,8,10-11,14H,3-4,7,9,19H2,1-2H3,(H,22,23)/t14-,18+/m0/s1. The largest absolute Gasteiger partial charge is 0.481 e. The lowest BCUT2D eigenvalue weighted by atomic mass is 9.98. The molecule has 5 nitrogen and oxygen atoms in total. The fourth-order valence-electron chi connectivity index (χ4n) is 3.31. The molecule has 1 aliphatic carbocycles. The fraction of sp³-hybridized carbons (Fsp3) is 0.444. The summed E-state index contributed by atoms with van der Waals surface area (Å²) < 4.78 is 1.91. The van der Waals surface area contributed by atoms with Crippen LogP contribution in [0, 0.1) is 19.8 Å². The Labute approximate surface area is 136 Å². The minimum absolute atomic E-state index is 0.145. The van der Waals surface area contributed by atoms with Crippen molar-refractivity contribution < 1.29 is 9.90 Å². The number of benzene rings is 1. The lowest BCUT2D eigenvalue weighted by Crippen LogP contribution is -2.23. The van der Waals surface area contributed by atoms with Crippen LogP contribution in [0.15, 0.2) is 30.7 Å². The van der Waals surface area contributed by atoms with Crippen LogP contribution in [0.4, 0.5) is 0 Å². The van der Waals surface area contributed by atoms with Gasteiger partial charge in [-0.1, -0.05) is 6.07 Å². The van der Waals surface area contributed by atoms with Gasteiger partial charge in [0, 0.05) is 11.9 Å². The topological polar surface area (TPSA) is 81.1 Å². The summed E-state index contributed by atoms with van der Waals surface area (Å²) in [5.41, 5.74) is 8.83. The van der Waals surface area contributed by atoms with Gasteiger partial charge in [0.15, 0.2) is 0 Å². The van der Waals surface area contributed by atoms with E-state index in [9.17, 15) is 9.90 Å². The predicted molar refractivity (Wildman–Crippen MR) is 88.7 cm³/mol. The molecule has 23 heavy (non-hydrogen) atoms. The molecule has 1 aromatic carbocycles. The van der Waals surface area contributed by atoms with E-state index in [1.807, 2.05) is 16.8 Å². The number of nitrogens with zero attached hydrogens (tertiary/aromatic N) is 2. The molecular formula is C18H23N3O2. The van der Waals surface area contributed by atoms with E-state index in [0.717, 1.165) is 18.5 Å². The van der Waals surface area contributed by atoms with Crippen molar-refractivity contribution >= 4 is 5.97 Å². The highest BCUT2D eigenvalue weighted by atomic mass is 16.4. The highest BCUT2D eigenvalue weighted by Crippen LogP contribution is 2.56. The summed E-state index contributed by atoms with van der Waals surface area (Å²) in [5, 5.41) is 9.71. The highest BCUT2D eigenvalue weighted by Gasteiger charge is 2.62. The van der Waals surface area contributed by atoms with Gasteiger partial charge in [-0.2, -0.15) is 0 Å². The molecule has 1 heterocycles. The van der Waals surface area contributed by atoms with Gasteiger partial charge in [-0.05, 0) is 68.8 Å². The van der Waals surface area contributed by atoms with Crippen molar-refractivity contribution in [3.8, 4) is 5.69 Å². The van der Waals surface area contributed by atoms with Crippen molar-refractivity contribution in [3.63, 3.8) is 0 Å². The second-order valence-electron chi connectivity index (χ2n) is 6.54. The number of carbonyl (C=O) groups is 1. The summed E-state index contributed by atoms with van der Waals surface area (Å²) in [5.74, 6) is -0.628. The average molecular weight is 313 g/mol. The third-order valence-electron chi connectivity index (χ3n) is 5.07. The summed E-state index contributed by atoms with van der Waals surface area (Å²) in [6, 6.07) is 6.19. The molecule has 3 rings (SSSR count). The van der Waals surface area contributed by atoms with Gasteiger partial charge in [-0.15, -0.1) is 0 Å². The van der Waals surface area contributed by atoms with Crippen molar-refractivity contribution in [1.29, 1.82) is 0 Å². The third kappa shape index (κ3) is 2.65. The summed E-state index contributed by atoms with van der Waals surface area (Å²) in [7, 11) is 0. The zero-order chi connectivity index (χ0) is 16.6. The van der Waals surface area contributed by atoms with Gasteiger partial charge >= 0.3 is 5.97 Å². The molecule has 2 aromatic rings. The molecule has 1 aromatic heterocycles. The van der Waals surface area contributed by atoms with E-state index >= 15 is 0 Å². The summed E-state index contributed by atoms with van der Waals surface area (Å²) in [6.45, 7) is 4.74. The number of aliphatic carboxylic acids is 1. The molecule has 2 atom stereocenters. The molecule has 1 saturated carbocycles. The van der Waals surface area contributed by atoms with Gasteiger partial charge in [-0.3, -0.25) is 4.79 Å². The van der Waals surface area contributed by atoms with Crippen molar-refractivity contribution in [2.24, 2.45) is 11.7 Å². The highest BCUT2D eigenvalue weighted by molar-refractivity contribution is 5.85. The summed E-state index contributed by atoms with van der Waals surface area (Å²) in [6.07, 6.45) is 5.94. The SMILES string of the molecule is Cc1ccc(-n2cnc([C@@]3(C(=O)O)C[C@@H]3CCCN)c2)cc1C. The van der Waals surface area contributed by atoms with Gasteiger partial charge in [0.05, 0.1) is 12.0 Å². The second-order valence-corrected chi connectivity index (χ2v) is 6.54. The molecule has 0 unspecified atom stereocenters. The number of hydrogen-bond acceptors (Lipinski definition) is 3. The molecule has 0 radical (unpaired) electrons. The fourth-order valence-corrected chi connectivity index (χ4v) is 3.31. The smallest absolute Gasteiger partial charge is 0.316 e. The van der Waals surface area contributed by atoms with Crippen LogP contribution in [0.2, 0.25) is 0 Å². The first kappa shape index (κ1) is 15.7. The van der Waals surface area contributed by atoms with E-state index in [1.165, 1.54) is 11.1 Å². The van der Waals surface area contributed by atoms with E-state index in [1.54, 1.807) is 6.33 Å². The minimum atomic E-state index is -0.819. The summed E-state index contributed by atoms with van der Waals surface area (Å²) in [4.78, 5) is 16.2. The summed E-state index contributed by atoms with van der Waals surface area (Å²) >= 11 is 0. The van der Waals surface area contributed by atoms with E-state index in [2.05, 4.69) is 31.0 Å². The van der Waals surface area contributed by atoms with Crippen molar-refractivity contribution in [2.75, 3.05) is 6.54 Å². The van der Waals surface area contributed by atoms with Gasteiger partial charge in [0.1, 0.15) is 5.41 Å². The first-order valence-electron chi connectivity index (χ1n) is 8.04. The van der Waals surface area contributed by atoms with Crippen LogP contribution < -0.4 is 5.73 Å². The van der Waals surface area contributed by atoms with Crippen LogP contribution in [0.25, 0.3) is 5.69 Å². The molecule has 3 N–H and O–H groups in total. The lowest BCUT2D eigenvalue weighted by molar-refractivity contribution is -0.140. The maximum atomic E-state index is 11.8. The van der Waals surface area contributed by atoms with Crippen molar-refractivity contribution in [2.45, 2.75) is 38.5 Å². The maximum absolute atomic E-state index is 11.8. The van der Waals surface area contributed by atoms with Crippen molar-refractivity contribution in [3.05, 3.63) is 47.5 Å². The maximum Gasteiger partial charge on any atom is 0.316 e. The van der Waals surface area contributed by atoms with E-state index in [4.69, 9.17) is 5.73 Å². The molecule has 0 amide bonds. The molecule has 0 spiro atoms. The number of aryl methyl sites for hydroxylation is 2. The molecule has 0 aliphatic heterocycles. The van der Waals surface area contributed by atoms with Gasteiger partial charge < -0.3 is 15.4 Å². The molecular weight excluding hydrogens is 290 g/mol. The first-order chi connectivity index (χ1) is 11.0. The van der Waals surface area contributed by atoms with Gasteiger partial charge in [0.25, 0.3) is 0 Å². The molecule has 5 heteroatoms. The lowest BCUT2D eigenvalue weighted by Gasteiger charge is -2.09. The van der Waals surface area contributed by atoms with Crippen LogP contribution >= 0.6 is 0 Å². The van der Waals surface area contributed by atoms with Crippen LogP contribution in [0.3, 0.4) is 0 Å². The molecule has 0 bridgehead atoms. The van der Waals surface area contributed by atoms with Crippen LogP contribution in [-0.4, -0.2) is 27.2 Å². The number of rotatable bonds is 6. The third-order valence-corrected chi connectivity index (χ3v) is 5.07. The van der Waals surface area contributed by atoms with E-state index in [0.29, 0.717) is 18.7 Å². The minimum Gasteiger partial charge on any atom is -0.481 e. The Morgan fingerprint density at radius 3 is 2.87 bits per heavy atom. The Morgan fingerprint density at radius 1 is 1.43 bits per heavy atom. The Balaban J connectivity index is 1.88. The molecule has 122 valence electrons. The zero-order valence-corrected chi connectivity index (χ0v) is 13.6. The molecule has 0 saturated heterocycles. The number of nitrogens with two attached hydrogens (primary N) is 1. The Kier molecular flexibility index (Phi) is 3.98. The first-order valence-corrected chi connectivity index (χ1v) is 8.04. The number of imidazole rings is 1. The monoisotopic (exact) mass is 313 g/mol. The Bertz CT molecular complexity index is 738. The van der Waals surface area contributed by atoms with Gasteiger partial charge in [-0.25, -0.2) is 4.98 Å². The normalized spacial score (nSPS) is 23.0. The number of hydrogen-bond donors (Lipinski definition) is 2. The quantitative estimate of drug-likeness (QED) is 0.859. The Morgan fingerprint density at radius 2 is 2.22 bits per heavy atom. The number of carboxylic acids is 1. The van der Waals surface area contributed by atoms with Crippen LogP contribution in [0.1, 0.15) is 36.1 Å². The molecule has 1 fully saturated rings. The van der Waals surface area contributed by atoms with Crippen LogP contribution in [-0.2, 0) is 10.2 Å². The van der Waals surface area contributed by atoms with Crippen molar-refractivity contribution in [1.82, 2.24) is 9.55 Å². The predicted octanol–water partition coefficient (Wildman–Crippen LogP) is 2.57.